The topological polar surface area (TPSA) is 24.0 Å². The fourth-order valence-electron chi connectivity index (χ4n) is 3.18. The molecule has 0 spiro atoms. The molecule has 3 rings (SSSR count). The maximum absolute atomic E-state index is 5.50. The summed E-state index contributed by atoms with van der Waals surface area (Å²) in [7, 11) is 0. The molecule has 0 saturated carbocycles. The van der Waals surface area contributed by atoms with Gasteiger partial charge in [0.1, 0.15) is 0 Å². The zero-order chi connectivity index (χ0) is 13.4. The first-order valence-electron chi connectivity index (χ1n) is 7.09. The van der Waals surface area contributed by atoms with Crippen molar-refractivity contribution in [3.63, 3.8) is 0 Å². The van der Waals surface area contributed by atoms with Gasteiger partial charge in [-0.2, -0.15) is 0 Å². The van der Waals surface area contributed by atoms with E-state index >= 15 is 0 Å². The average Bonchev–Trinajstić information content (AvgIpc) is 2.96. The number of hydrogen-bond donors (Lipinski definition) is 1. The summed E-state index contributed by atoms with van der Waals surface area (Å²) in [5.74, 6) is 0.727. The van der Waals surface area contributed by atoms with E-state index in [9.17, 15) is 0 Å². The van der Waals surface area contributed by atoms with E-state index in [-0.39, 0.29) is 0 Å². The molecule has 1 unspecified atom stereocenters. The minimum absolute atomic E-state index is 0.727. The molecule has 1 aliphatic heterocycles. The molecule has 1 fully saturated rings. The Labute approximate surface area is 119 Å². The fourth-order valence-corrected chi connectivity index (χ4v) is 3.46. The number of nitrogens with zero attached hydrogens (tertiary/aromatic N) is 2. The third-order valence-corrected chi connectivity index (χ3v) is 4.57. The van der Waals surface area contributed by atoms with Crippen molar-refractivity contribution in [1.29, 1.82) is 0 Å². The number of aromatic amines is 1. The summed E-state index contributed by atoms with van der Waals surface area (Å²) in [5.41, 5.74) is 3.74. The molecule has 1 aliphatic rings. The predicted molar refractivity (Wildman–Crippen MR) is 82.1 cm³/mol. The van der Waals surface area contributed by atoms with Gasteiger partial charge in [-0.1, -0.05) is 19.1 Å². The summed E-state index contributed by atoms with van der Waals surface area (Å²) in [6.45, 7) is 9.04. The van der Waals surface area contributed by atoms with Crippen LogP contribution in [0.1, 0.15) is 18.9 Å². The van der Waals surface area contributed by atoms with E-state index in [1.54, 1.807) is 0 Å². The highest BCUT2D eigenvalue weighted by atomic mass is 32.1. The molecule has 0 aliphatic carbocycles. The van der Waals surface area contributed by atoms with E-state index in [2.05, 4.69) is 46.5 Å². The zero-order valence-corrected chi connectivity index (χ0v) is 12.5. The quantitative estimate of drug-likeness (QED) is 0.869. The number of rotatable bonds is 3. The van der Waals surface area contributed by atoms with Crippen molar-refractivity contribution in [2.45, 2.75) is 26.8 Å². The van der Waals surface area contributed by atoms with E-state index < -0.39 is 0 Å². The summed E-state index contributed by atoms with van der Waals surface area (Å²) in [5, 5.41) is 0. The van der Waals surface area contributed by atoms with Crippen molar-refractivity contribution in [3.8, 4) is 0 Å². The fraction of sp³-hybridized carbons (Fsp3) is 0.533. The molecule has 1 N–H and O–H groups in total. The lowest BCUT2D eigenvalue weighted by Gasteiger charge is -2.14. The number of aromatic nitrogens is 2. The molecule has 1 aromatic heterocycles. The minimum Gasteiger partial charge on any atom is -0.331 e. The molecule has 0 radical (unpaired) electrons. The van der Waals surface area contributed by atoms with Gasteiger partial charge >= 0.3 is 0 Å². The van der Waals surface area contributed by atoms with Crippen LogP contribution in [0.5, 0.6) is 0 Å². The van der Waals surface area contributed by atoms with Crippen LogP contribution in [0, 0.1) is 17.6 Å². The molecule has 102 valence electrons. The molecule has 1 saturated heterocycles. The van der Waals surface area contributed by atoms with Crippen molar-refractivity contribution in [2.75, 3.05) is 19.6 Å². The zero-order valence-electron chi connectivity index (χ0n) is 11.6. The highest BCUT2D eigenvalue weighted by molar-refractivity contribution is 7.71. The van der Waals surface area contributed by atoms with Crippen LogP contribution in [-0.2, 0) is 6.54 Å². The number of likely N-dealkylation sites (tertiary alicyclic amines) is 1. The normalized spacial score (nSPS) is 20.4. The van der Waals surface area contributed by atoms with E-state index in [1.165, 1.54) is 30.6 Å². The Morgan fingerprint density at radius 3 is 3.00 bits per heavy atom. The van der Waals surface area contributed by atoms with Gasteiger partial charge in [-0.3, -0.25) is 0 Å². The first kappa shape index (κ1) is 12.9. The lowest BCUT2D eigenvalue weighted by Crippen LogP contribution is -2.21. The van der Waals surface area contributed by atoms with E-state index in [4.69, 9.17) is 12.2 Å². The van der Waals surface area contributed by atoms with Gasteiger partial charge < -0.3 is 14.5 Å². The highest BCUT2D eigenvalue weighted by Gasteiger charge is 2.22. The lowest BCUT2D eigenvalue weighted by molar-refractivity contribution is 0.333. The van der Waals surface area contributed by atoms with Crippen LogP contribution in [0.3, 0.4) is 0 Å². The summed E-state index contributed by atoms with van der Waals surface area (Å²) in [6, 6.07) is 6.36. The molecule has 1 aromatic carbocycles. The first-order valence-corrected chi connectivity index (χ1v) is 7.50. The van der Waals surface area contributed by atoms with E-state index in [1.807, 2.05) is 0 Å². The van der Waals surface area contributed by atoms with Gasteiger partial charge in [0.05, 0.1) is 11.0 Å². The number of imidazole rings is 1. The van der Waals surface area contributed by atoms with Crippen molar-refractivity contribution in [3.05, 3.63) is 28.5 Å². The van der Waals surface area contributed by atoms with Gasteiger partial charge in [0, 0.05) is 13.1 Å². The van der Waals surface area contributed by atoms with Crippen molar-refractivity contribution in [2.24, 2.45) is 5.92 Å². The van der Waals surface area contributed by atoms with Crippen LogP contribution in [-0.4, -0.2) is 34.1 Å². The monoisotopic (exact) mass is 275 g/mol. The lowest BCUT2D eigenvalue weighted by atomic mass is 10.1. The van der Waals surface area contributed by atoms with Gasteiger partial charge in [-0.05, 0) is 56.2 Å². The van der Waals surface area contributed by atoms with E-state index in [0.29, 0.717) is 0 Å². The molecule has 3 nitrogen and oxygen atoms in total. The predicted octanol–water partition coefficient (Wildman–Crippen LogP) is 3.35. The van der Waals surface area contributed by atoms with Crippen LogP contribution >= 0.6 is 12.2 Å². The van der Waals surface area contributed by atoms with Crippen LogP contribution in [0.2, 0.25) is 0 Å². The van der Waals surface area contributed by atoms with Gasteiger partial charge in [0.25, 0.3) is 0 Å². The van der Waals surface area contributed by atoms with Gasteiger partial charge in [-0.15, -0.1) is 0 Å². The Morgan fingerprint density at radius 2 is 2.26 bits per heavy atom. The largest absolute Gasteiger partial charge is 0.331 e. The minimum atomic E-state index is 0.727. The standard InChI is InChI=1S/C15H21N3S/c1-3-17-8-7-12(9-17)10-18-14-11(2)5-4-6-13(14)16-15(18)19/h4-6,12H,3,7-10H2,1-2H3,(H,16,19). The maximum Gasteiger partial charge on any atom is 0.178 e. The number of fused-ring (bicyclic) bond motifs is 1. The van der Waals surface area contributed by atoms with Gasteiger partial charge in [0.15, 0.2) is 4.77 Å². The van der Waals surface area contributed by atoms with Crippen LogP contribution in [0.25, 0.3) is 11.0 Å². The number of nitrogens with one attached hydrogen (secondary N) is 1. The molecule has 1 atom stereocenters. The maximum atomic E-state index is 5.50. The average molecular weight is 275 g/mol. The number of aryl methyl sites for hydroxylation is 1. The van der Waals surface area contributed by atoms with Crippen LogP contribution in [0.4, 0.5) is 0 Å². The Balaban J connectivity index is 1.93. The smallest absolute Gasteiger partial charge is 0.178 e. The third kappa shape index (κ3) is 2.35. The summed E-state index contributed by atoms with van der Waals surface area (Å²) in [6.07, 6.45) is 1.29. The molecule has 2 aromatic rings. The van der Waals surface area contributed by atoms with E-state index in [0.717, 1.165) is 29.3 Å². The number of H-pyrrole nitrogens is 1. The Morgan fingerprint density at radius 1 is 1.42 bits per heavy atom. The molecule has 2 heterocycles. The molecule has 19 heavy (non-hydrogen) atoms. The second kappa shape index (κ2) is 5.10. The van der Waals surface area contributed by atoms with Crippen molar-refractivity contribution in [1.82, 2.24) is 14.5 Å². The summed E-state index contributed by atoms with van der Waals surface area (Å²) < 4.78 is 3.16. The Kier molecular flexibility index (Phi) is 3.46. The molecule has 0 amide bonds. The van der Waals surface area contributed by atoms with Crippen molar-refractivity contribution < 1.29 is 0 Å². The molecule has 4 heteroatoms. The van der Waals surface area contributed by atoms with Gasteiger partial charge in [-0.25, -0.2) is 0 Å². The second-order valence-electron chi connectivity index (χ2n) is 5.56. The summed E-state index contributed by atoms with van der Waals surface area (Å²) >= 11 is 5.50. The van der Waals surface area contributed by atoms with Crippen LogP contribution < -0.4 is 0 Å². The molecule has 0 bridgehead atoms. The second-order valence-corrected chi connectivity index (χ2v) is 5.95. The van der Waals surface area contributed by atoms with Crippen molar-refractivity contribution >= 4 is 23.3 Å². The highest BCUT2D eigenvalue weighted by Crippen LogP contribution is 2.23. The number of hydrogen-bond acceptors (Lipinski definition) is 2. The Hall–Kier alpha value is -1.13. The van der Waals surface area contributed by atoms with Gasteiger partial charge in [0.2, 0.25) is 0 Å². The number of benzene rings is 1. The first-order chi connectivity index (χ1) is 9.19. The Bertz CT molecular complexity index is 640. The number of para-hydroxylation sites is 1. The summed E-state index contributed by atoms with van der Waals surface area (Å²) in [4.78, 5) is 5.85. The molecular formula is C15H21N3S. The van der Waals surface area contributed by atoms with Crippen LogP contribution in [0.15, 0.2) is 18.2 Å². The third-order valence-electron chi connectivity index (χ3n) is 4.25. The SMILES string of the molecule is CCN1CCC(Cn2c(=S)[nH]c3cccc(C)c32)C1. The molecular weight excluding hydrogens is 254 g/mol.